The van der Waals surface area contributed by atoms with Gasteiger partial charge in [-0.1, -0.05) is 5.11 Å². The van der Waals surface area contributed by atoms with Crippen LogP contribution < -0.4 is 0 Å². The number of aliphatic hydroxyl groups excluding tert-OH is 1. The van der Waals surface area contributed by atoms with Crippen LogP contribution in [0.3, 0.4) is 0 Å². The second kappa shape index (κ2) is 4.45. The summed E-state index contributed by atoms with van der Waals surface area (Å²) in [6, 6.07) is 0. The van der Waals surface area contributed by atoms with Gasteiger partial charge in [0.15, 0.2) is 0 Å². The van der Waals surface area contributed by atoms with Gasteiger partial charge in [0.25, 0.3) is 0 Å². The molecule has 3 atom stereocenters. The van der Waals surface area contributed by atoms with E-state index in [1.165, 1.54) is 0 Å². The molecule has 1 aliphatic heterocycles. The van der Waals surface area contributed by atoms with Crippen molar-refractivity contribution in [3.8, 4) is 0 Å². The largest absolute Gasteiger partial charge is 0.467 e. The lowest BCUT2D eigenvalue weighted by Crippen LogP contribution is -2.51. The Morgan fingerprint density at radius 2 is 2.53 bits per heavy atom. The molecule has 1 heterocycles. The number of rotatable bonds is 3. The first-order valence-electron chi connectivity index (χ1n) is 4.17. The molecule has 0 radical (unpaired) electrons. The summed E-state index contributed by atoms with van der Waals surface area (Å²) in [6.07, 6.45) is -2.36. The smallest absolute Gasteiger partial charge is 0.343 e. The minimum atomic E-state index is -2.08. The monoisotopic (exact) mass is 217 g/mol. The van der Waals surface area contributed by atoms with Gasteiger partial charge in [0, 0.05) is 4.91 Å². The predicted octanol–water partition coefficient (Wildman–Crippen LogP) is -1.04. The maximum atomic E-state index is 11.1. The highest BCUT2D eigenvalue weighted by Crippen LogP contribution is 2.26. The number of methoxy groups -OCH3 is 1. The van der Waals surface area contributed by atoms with Gasteiger partial charge < -0.3 is 19.7 Å². The Morgan fingerprint density at radius 3 is 3.07 bits per heavy atom. The van der Waals surface area contributed by atoms with E-state index in [2.05, 4.69) is 14.8 Å². The van der Waals surface area contributed by atoms with Crippen molar-refractivity contribution in [3.05, 3.63) is 10.4 Å². The third-order valence-electron chi connectivity index (χ3n) is 2.22. The zero-order valence-electron chi connectivity index (χ0n) is 8.03. The van der Waals surface area contributed by atoms with Crippen LogP contribution in [0.25, 0.3) is 10.4 Å². The van der Waals surface area contributed by atoms with Gasteiger partial charge in [0.05, 0.1) is 26.4 Å². The summed E-state index contributed by atoms with van der Waals surface area (Å²) in [5, 5.41) is 22.5. The highest BCUT2D eigenvalue weighted by atomic mass is 16.6. The molecule has 0 aromatic heterocycles. The summed E-state index contributed by atoms with van der Waals surface area (Å²) >= 11 is 0. The van der Waals surface area contributed by atoms with E-state index in [-0.39, 0.29) is 13.2 Å². The molecule has 8 nitrogen and oxygen atoms in total. The fourth-order valence-electron chi connectivity index (χ4n) is 1.34. The van der Waals surface area contributed by atoms with Crippen LogP contribution in [-0.2, 0) is 14.3 Å². The maximum Gasteiger partial charge on any atom is 0.343 e. The van der Waals surface area contributed by atoms with E-state index >= 15 is 0 Å². The second-order valence-corrected chi connectivity index (χ2v) is 3.12. The summed E-state index contributed by atoms with van der Waals surface area (Å²) in [5.74, 6) is -0.974. The molecular formula is C7H11N3O5. The lowest BCUT2D eigenvalue weighted by atomic mass is 9.97. The second-order valence-electron chi connectivity index (χ2n) is 3.12. The van der Waals surface area contributed by atoms with Gasteiger partial charge in [0.1, 0.15) is 6.10 Å². The van der Waals surface area contributed by atoms with Gasteiger partial charge in [-0.25, -0.2) is 4.79 Å². The van der Waals surface area contributed by atoms with Crippen LogP contribution in [0, 0.1) is 0 Å². The van der Waals surface area contributed by atoms with Crippen LogP contribution in [0.2, 0.25) is 0 Å². The Labute approximate surface area is 85.0 Å². The Balaban J connectivity index is 2.73. The number of hydrogen-bond donors (Lipinski definition) is 2. The van der Waals surface area contributed by atoms with Crippen LogP contribution in [-0.4, -0.2) is 54.3 Å². The minimum absolute atomic E-state index is 0.156. The summed E-state index contributed by atoms with van der Waals surface area (Å²) in [4.78, 5) is 13.6. The maximum absolute atomic E-state index is 11.1. The fourth-order valence-corrected chi connectivity index (χ4v) is 1.34. The van der Waals surface area contributed by atoms with Crippen LogP contribution in [0.5, 0.6) is 0 Å². The number of esters is 1. The first-order chi connectivity index (χ1) is 7.06. The first-order valence-corrected chi connectivity index (χ1v) is 4.17. The van der Waals surface area contributed by atoms with E-state index < -0.39 is 23.8 Å². The molecule has 1 fully saturated rings. The van der Waals surface area contributed by atoms with Gasteiger partial charge in [0.2, 0.25) is 5.60 Å². The Kier molecular flexibility index (Phi) is 3.48. The van der Waals surface area contributed by atoms with Gasteiger partial charge in [-0.05, 0) is 5.53 Å². The van der Waals surface area contributed by atoms with Crippen LogP contribution >= 0.6 is 0 Å². The fraction of sp³-hybridized carbons (Fsp3) is 0.857. The van der Waals surface area contributed by atoms with Crippen LogP contribution in [0.4, 0.5) is 0 Å². The van der Waals surface area contributed by atoms with E-state index in [0.29, 0.717) is 0 Å². The molecule has 0 aromatic carbocycles. The topological polar surface area (TPSA) is 125 Å². The van der Waals surface area contributed by atoms with Crippen molar-refractivity contribution in [2.24, 2.45) is 5.11 Å². The number of aliphatic hydroxyl groups is 2. The highest BCUT2D eigenvalue weighted by molar-refractivity contribution is 5.80. The van der Waals surface area contributed by atoms with Crippen molar-refractivity contribution in [1.82, 2.24) is 0 Å². The average Bonchev–Trinajstić information content (AvgIpc) is 2.53. The number of hydrogen-bond acceptors (Lipinski definition) is 6. The van der Waals surface area contributed by atoms with Gasteiger partial charge in [-0.3, -0.25) is 0 Å². The number of carbonyl (C=O) groups is 1. The third kappa shape index (κ3) is 2.02. The molecule has 0 aliphatic carbocycles. The minimum Gasteiger partial charge on any atom is -0.467 e. The molecule has 2 N–H and O–H groups in total. The molecule has 0 amide bonds. The number of carbonyl (C=O) groups excluding carboxylic acids is 1. The first kappa shape index (κ1) is 11.7. The van der Waals surface area contributed by atoms with E-state index in [9.17, 15) is 15.0 Å². The Hall–Kier alpha value is -1.34. The predicted molar refractivity (Wildman–Crippen MR) is 46.7 cm³/mol. The van der Waals surface area contributed by atoms with Crippen LogP contribution in [0.1, 0.15) is 0 Å². The quantitative estimate of drug-likeness (QED) is 0.270. The number of azide groups is 1. The standard InChI is InChI=1S/C7H11N3O5/c1-14-6(12)7(13)3-15-4(5(7)11)2-9-10-8/h4-5,11,13H,2-3H2,1H3/t4-,5+,7+/m0/s1. The van der Waals surface area contributed by atoms with Gasteiger partial charge >= 0.3 is 5.97 Å². The molecule has 8 heteroatoms. The molecular weight excluding hydrogens is 206 g/mol. The zero-order valence-corrected chi connectivity index (χ0v) is 8.03. The average molecular weight is 217 g/mol. The van der Waals surface area contributed by atoms with E-state index in [4.69, 9.17) is 10.3 Å². The van der Waals surface area contributed by atoms with Gasteiger partial charge in [-0.2, -0.15) is 0 Å². The number of nitrogens with zero attached hydrogens (tertiary/aromatic N) is 3. The van der Waals surface area contributed by atoms with Crippen molar-refractivity contribution in [2.45, 2.75) is 17.8 Å². The molecule has 0 spiro atoms. The van der Waals surface area contributed by atoms with Crippen molar-refractivity contribution >= 4 is 5.97 Å². The number of ether oxygens (including phenoxy) is 2. The normalized spacial score (nSPS) is 34.6. The molecule has 1 saturated heterocycles. The lowest BCUT2D eigenvalue weighted by molar-refractivity contribution is -0.170. The van der Waals surface area contributed by atoms with Crippen molar-refractivity contribution in [1.29, 1.82) is 0 Å². The summed E-state index contributed by atoms with van der Waals surface area (Å²) < 4.78 is 9.27. The molecule has 0 aromatic rings. The summed E-state index contributed by atoms with van der Waals surface area (Å²) in [6.45, 7) is -0.538. The highest BCUT2D eigenvalue weighted by Gasteiger charge is 2.54. The van der Waals surface area contributed by atoms with Crippen LogP contribution in [0.15, 0.2) is 5.11 Å². The third-order valence-corrected chi connectivity index (χ3v) is 2.22. The Morgan fingerprint density at radius 1 is 1.87 bits per heavy atom. The molecule has 0 bridgehead atoms. The molecule has 0 saturated carbocycles. The van der Waals surface area contributed by atoms with E-state index in [1.807, 2.05) is 0 Å². The van der Waals surface area contributed by atoms with E-state index in [0.717, 1.165) is 7.11 Å². The Bertz CT molecular complexity index is 303. The molecule has 15 heavy (non-hydrogen) atoms. The molecule has 84 valence electrons. The lowest BCUT2D eigenvalue weighted by Gasteiger charge is -2.22. The molecule has 1 rings (SSSR count). The zero-order chi connectivity index (χ0) is 11.5. The summed E-state index contributed by atoms with van der Waals surface area (Å²) in [5.41, 5.74) is 5.99. The van der Waals surface area contributed by atoms with Crippen molar-refractivity contribution in [3.63, 3.8) is 0 Å². The van der Waals surface area contributed by atoms with Crippen molar-refractivity contribution in [2.75, 3.05) is 20.3 Å². The summed E-state index contributed by atoms with van der Waals surface area (Å²) in [7, 11) is 1.09. The SMILES string of the molecule is COC(=O)[C@@]1(O)CO[C@@H](CN=[N+]=[N-])[C@H]1O. The molecule has 1 aliphatic rings. The molecule has 0 unspecified atom stereocenters. The van der Waals surface area contributed by atoms with Gasteiger partial charge in [-0.15, -0.1) is 0 Å². The van der Waals surface area contributed by atoms with E-state index in [1.54, 1.807) is 0 Å². The van der Waals surface area contributed by atoms with Crippen molar-refractivity contribution < 1.29 is 24.5 Å².